The second-order valence-electron chi connectivity index (χ2n) is 4.75. The minimum absolute atomic E-state index is 0. The molecule has 0 spiro atoms. The summed E-state index contributed by atoms with van der Waals surface area (Å²) >= 11 is 3.49. The van der Waals surface area contributed by atoms with E-state index in [4.69, 9.17) is 4.74 Å². The highest BCUT2D eigenvalue weighted by atomic mass is 127. The third-order valence-electron chi connectivity index (χ3n) is 3.01. The molecule has 1 N–H and O–H groups in total. The second kappa shape index (κ2) is 13.0. The van der Waals surface area contributed by atoms with E-state index >= 15 is 0 Å². The van der Waals surface area contributed by atoms with Gasteiger partial charge in [-0.3, -0.25) is 4.99 Å². The molecule has 0 aromatic carbocycles. The van der Waals surface area contributed by atoms with E-state index in [1.807, 2.05) is 31.8 Å². The summed E-state index contributed by atoms with van der Waals surface area (Å²) in [5.41, 5.74) is 1.04. The highest BCUT2D eigenvalue weighted by Crippen LogP contribution is 2.20. The molecule has 1 rings (SSSR count). The average molecular weight is 470 g/mol. The van der Waals surface area contributed by atoms with E-state index in [1.54, 1.807) is 25.5 Å². The van der Waals surface area contributed by atoms with E-state index in [-0.39, 0.29) is 30.1 Å². The summed E-state index contributed by atoms with van der Waals surface area (Å²) in [6.45, 7) is 7.34. The van der Waals surface area contributed by atoms with Crippen LogP contribution in [0.15, 0.2) is 23.0 Å². The molecular weight excluding hydrogens is 443 g/mol. The molecule has 0 aliphatic heterocycles. The molecule has 0 aliphatic rings. The van der Waals surface area contributed by atoms with Crippen LogP contribution in [0.5, 0.6) is 0 Å². The van der Waals surface area contributed by atoms with Crippen molar-refractivity contribution in [2.24, 2.45) is 4.99 Å². The van der Waals surface area contributed by atoms with Gasteiger partial charge in [0.15, 0.2) is 5.96 Å². The summed E-state index contributed by atoms with van der Waals surface area (Å²) in [7, 11) is 5.52. The molecule has 23 heavy (non-hydrogen) atoms. The average Bonchev–Trinajstić information content (AvgIpc) is 2.98. The van der Waals surface area contributed by atoms with Crippen molar-refractivity contribution in [3.05, 3.63) is 28.7 Å². The number of rotatable bonds is 9. The molecule has 0 saturated carbocycles. The number of methoxy groups -OCH3 is 1. The van der Waals surface area contributed by atoms with E-state index in [2.05, 4.69) is 32.2 Å². The van der Waals surface area contributed by atoms with Gasteiger partial charge < -0.3 is 15.0 Å². The molecule has 1 aromatic rings. The molecule has 0 radical (unpaired) electrons. The maximum absolute atomic E-state index is 5.30. The van der Waals surface area contributed by atoms with Gasteiger partial charge in [0.05, 0.1) is 12.2 Å². The number of guanidine groups is 1. The zero-order valence-electron chi connectivity index (χ0n) is 14.2. The minimum Gasteiger partial charge on any atom is -0.375 e. The van der Waals surface area contributed by atoms with E-state index in [0.717, 1.165) is 41.3 Å². The number of halogens is 1. The standard InChI is InChI=1S/C15H26N4OS2.HI/c1-6-8-21-9-7-17-15(16-3)19(4)10-13-11-22-14(18-13)12(2)20-5;/h6,11-12H,1,7-10H2,2-5H3,(H,16,17);1H. The number of hydrogen-bond acceptors (Lipinski definition) is 5. The maximum Gasteiger partial charge on any atom is 0.193 e. The van der Waals surface area contributed by atoms with E-state index in [0.29, 0.717) is 0 Å². The molecule has 1 atom stereocenters. The molecule has 0 aliphatic carbocycles. The third-order valence-corrected chi connectivity index (χ3v) is 5.03. The van der Waals surface area contributed by atoms with Gasteiger partial charge in [0.2, 0.25) is 0 Å². The molecule has 5 nitrogen and oxygen atoms in total. The topological polar surface area (TPSA) is 49.8 Å². The predicted molar refractivity (Wildman–Crippen MR) is 113 cm³/mol. The Morgan fingerprint density at radius 1 is 1.65 bits per heavy atom. The molecule has 132 valence electrons. The summed E-state index contributed by atoms with van der Waals surface area (Å²) in [6, 6.07) is 0. The van der Waals surface area contributed by atoms with E-state index in [1.165, 1.54) is 0 Å². The molecule has 0 bridgehead atoms. The first-order valence-corrected chi connectivity index (χ1v) is 9.23. The first-order valence-electron chi connectivity index (χ1n) is 7.19. The van der Waals surface area contributed by atoms with Crippen LogP contribution in [0.4, 0.5) is 0 Å². The van der Waals surface area contributed by atoms with Gasteiger partial charge in [0, 0.05) is 44.6 Å². The SMILES string of the molecule is C=CCSCCNC(=NC)N(C)Cc1csc(C(C)OC)n1.I. The Kier molecular flexibility index (Phi) is 12.8. The Hall–Kier alpha value is -0.320. The van der Waals surface area contributed by atoms with Crippen molar-refractivity contribution in [1.82, 2.24) is 15.2 Å². The van der Waals surface area contributed by atoms with Crippen LogP contribution in [0.25, 0.3) is 0 Å². The van der Waals surface area contributed by atoms with Gasteiger partial charge >= 0.3 is 0 Å². The van der Waals surface area contributed by atoms with Crippen LogP contribution in [0.3, 0.4) is 0 Å². The van der Waals surface area contributed by atoms with Gasteiger partial charge in [-0.2, -0.15) is 11.8 Å². The number of nitrogens with zero attached hydrogens (tertiary/aromatic N) is 3. The lowest BCUT2D eigenvalue weighted by Crippen LogP contribution is -2.39. The second-order valence-corrected chi connectivity index (χ2v) is 6.79. The Balaban J connectivity index is 0.00000484. The van der Waals surface area contributed by atoms with Gasteiger partial charge in [-0.25, -0.2) is 4.98 Å². The fourth-order valence-corrected chi connectivity index (χ4v) is 3.21. The van der Waals surface area contributed by atoms with Crippen LogP contribution >= 0.6 is 47.1 Å². The quantitative estimate of drug-likeness (QED) is 0.197. The molecule has 0 amide bonds. The highest BCUT2D eigenvalue weighted by molar-refractivity contribution is 14.0. The molecule has 0 fully saturated rings. The zero-order valence-corrected chi connectivity index (χ0v) is 18.2. The van der Waals surface area contributed by atoms with Crippen molar-refractivity contribution in [1.29, 1.82) is 0 Å². The molecule has 1 unspecified atom stereocenters. The lowest BCUT2D eigenvalue weighted by molar-refractivity contribution is 0.119. The molecule has 1 heterocycles. The Morgan fingerprint density at radius 3 is 3.00 bits per heavy atom. The van der Waals surface area contributed by atoms with Crippen molar-refractivity contribution < 1.29 is 4.74 Å². The largest absolute Gasteiger partial charge is 0.375 e. The van der Waals surface area contributed by atoms with Crippen molar-refractivity contribution in [2.45, 2.75) is 19.6 Å². The fourth-order valence-electron chi connectivity index (χ4n) is 1.79. The van der Waals surface area contributed by atoms with Crippen LogP contribution in [0, 0.1) is 0 Å². The summed E-state index contributed by atoms with van der Waals surface area (Å²) in [5.74, 6) is 2.90. The normalized spacial score (nSPS) is 12.4. The predicted octanol–water partition coefficient (Wildman–Crippen LogP) is 3.39. The maximum atomic E-state index is 5.30. The number of hydrogen-bond donors (Lipinski definition) is 1. The Labute approximate surface area is 165 Å². The zero-order chi connectivity index (χ0) is 16.4. The molecule has 8 heteroatoms. The molecule has 0 saturated heterocycles. The van der Waals surface area contributed by atoms with Crippen LogP contribution < -0.4 is 5.32 Å². The van der Waals surface area contributed by atoms with Gasteiger partial charge in [-0.05, 0) is 6.92 Å². The number of aromatic nitrogens is 1. The van der Waals surface area contributed by atoms with Crippen molar-refractivity contribution in [3.63, 3.8) is 0 Å². The van der Waals surface area contributed by atoms with Gasteiger partial charge in [0.1, 0.15) is 11.1 Å². The van der Waals surface area contributed by atoms with Gasteiger partial charge in [-0.15, -0.1) is 41.9 Å². The minimum atomic E-state index is 0. The first-order chi connectivity index (χ1) is 10.6. The molecule has 1 aromatic heterocycles. The lowest BCUT2D eigenvalue weighted by Gasteiger charge is -2.21. The number of ether oxygens (including phenoxy) is 1. The van der Waals surface area contributed by atoms with Crippen LogP contribution in [-0.2, 0) is 11.3 Å². The number of thioether (sulfide) groups is 1. The monoisotopic (exact) mass is 470 g/mol. The van der Waals surface area contributed by atoms with Crippen molar-refractivity contribution in [3.8, 4) is 0 Å². The van der Waals surface area contributed by atoms with Gasteiger partial charge in [-0.1, -0.05) is 6.08 Å². The van der Waals surface area contributed by atoms with Crippen LogP contribution in [0.1, 0.15) is 23.7 Å². The third kappa shape index (κ3) is 8.37. The Bertz CT molecular complexity index is 482. The lowest BCUT2D eigenvalue weighted by atomic mass is 10.4. The summed E-state index contributed by atoms with van der Waals surface area (Å²) in [6.07, 6.45) is 1.97. The van der Waals surface area contributed by atoms with E-state index < -0.39 is 0 Å². The van der Waals surface area contributed by atoms with Crippen molar-refractivity contribution >= 4 is 53.0 Å². The highest BCUT2D eigenvalue weighted by Gasteiger charge is 2.12. The summed E-state index contributed by atoms with van der Waals surface area (Å²) in [5, 5.41) is 6.45. The Morgan fingerprint density at radius 2 is 2.39 bits per heavy atom. The summed E-state index contributed by atoms with van der Waals surface area (Å²) < 4.78 is 5.30. The fraction of sp³-hybridized carbons (Fsp3) is 0.600. The van der Waals surface area contributed by atoms with E-state index in [9.17, 15) is 0 Å². The molecular formula is C15H27IN4OS2. The van der Waals surface area contributed by atoms with Crippen molar-refractivity contribution in [2.75, 3.05) is 39.3 Å². The van der Waals surface area contributed by atoms with Gasteiger partial charge in [0.25, 0.3) is 0 Å². The smallest absolute Gasteiger partial charge is 0.193 e. The first kappa shape index (κ1) is 22.7. The number of thiazole rings is 1. The van der Waals surface area contributed by atoms with Crippen LogP contribution in [-0.4, -0.2) is 55.1 Å². The number of aliphatic imine (C=N–C) groups is 1. The van der Waals surface area contributed by atoms with Crippen LogP contribution in [0.2, 0.25) is 0 Å². The number of nitrogens with one attached hydrogen (secondary N) is 1. The summed E-state index contributed by atoms with van der Waals surface area (Å²) in [4.78, 5) is 11.0.